The Labute approximate surface area is 152 Å². The number of hydrogen-bond donors (Lipinski definition) is 1. The normalized spacial score (nSPS) is 19.6. The van der Waals surface area contributed by atoms with Crippen molar-refractivity contribution in [3.05, 3.63) is 29.8 Å². The Bertz CT molecular complexity index is 784. The number of ether oxygens (including phenoxy) is 2. The second-order valence-electron chi connectivity index (χ2n) is 6.37. The van der Waals surface area contributed by atoms with E-state index in [9.17, 15) is 18.0 Å². The van der Waals surface area contributed by atoms with Crippen molar-refractivity contribution < 1.29 is 27.5 Å². The lowest BCUT2D eigenvalue weighted by atomic mass is 10.2. The number of carbonyl (C=O) groups is 2. The average molecular weight is 382 g/mol. The summed E-state index contributed by atoms with van der Waals surface area (Å²) in [5, 5.41) is 2.76. The van der Waals surface area contributed by atoms with E-state index < -0.39 is 22.1 Å². The van der Waals surface area contributed by atoms with Crippen molar-refractivity contribution in [2.45, 2.75) is 36.8 Å². The summed E-state index contributed by atoms with van der Waals surface area (Å²) in [6, 6.07) is 5.83. The van der Waals surface area contributed by atoms with E-state index in [1.807, 2.05) is 0 Å². The number of hydrogen-bond acceptors (Lipinski definition) is 6. The molecule has 9 heteroatoms. The maximum Gasteiger partial charge on any atom is 0.338 e. The van der Waals surface area contributed by atoms with Gasteiger partial charge in [-0.15, -0.1) is 0 Å². The largest absolute Gasteiger partial charge is 0.449 e. The highest BCUT2D eigenvalue weighted by atomic mass is 32.2. The van der Waals surface area contributed by atoms with Gasteiger partial charge >= 0.3 is 5.97 Å². The van der Waals surface area contributed by atoms with Gasteiger partial charge in [-0.25, -0.2) is 13.2 Å². The Morgan fingerprint density at radius 3 is 2.62 bits per heavy atom. The van der Waals surface area contributed by atoms with Crippen molar-refractivity contribution in [3.63, 3.8) is 0 Å². The standard InChI is InChI=1S/C17H22N2O6S/c1-12(16(20)18-14-5-6-14)25-17(21)13-3-2-4-15(11-13)26(22,23)19-7-9-24-10-8-19/h2-4,11-12,14H,5-10H2,1H3,(H,18,20)/t12-/m1/s1. The molecule has 1 heterocycles. The number of nitrogens with one attached hydrogen (secondary N) is 1. The second-order valence-corrected chi connectivity index (χ2v) is 8.31. The van der Waals surface area contributed by atoms with Crippen LogP contribution in [-0.2, 0) is 24.3 Å². The molecule has 1 atom stereocenters. The van der Waals surface area contributed by atoms with Gasteiger partial charge in [-0.1, -0.05) is 6.07 Å². The predicted octanol–water partition coefficient (Wildman–Crippen LogP) is 0.531. The SMILES string of the molecule is C[C@@H](OC(=O)c1cccc(S(=O)(=O)N2CCOCC2)c1)C(=O)NC1CC1. The molecule has 2 aliphatic rings. The molecule has 0 bridgehead atoms. The van der Waals surface area contributed by atoms with Gasteiger partial charge in [0.2, 0.25) is 10.0 Å². The van der Waals surface area contributed by atoms with E-state index in [0.29, 0.717) is 13.2 Å². The summed E-state index contributed by atoms with van der Waals surface area (Å²) in [5.74, 6) is -1.08. The third-order valence-corrected chi connectivity index (χ3v) is 6.15. The molecule has 2 fully saturated rings. The summed E-state index contributed by atoms with van der Waals surface area (Å²) < 4.78 is 37.0. The van der Waals surface area contributed by atoms with E-state index in [4.69, 9.17) is 9.47 Å². The first-order chi connectivity index (χ1) is 12.4. The number of benzene rings is 1. The van der Waals surface area contributed by atoms with Gasteiger partial charge in [0.05, 0.1) is 23.7 Å². The zero-order valence-electron chi connectivity index (χ0n) is 14.5. The van der Waals surface area contributed by atoms with E-state index in [1.165, 1.54) is 35.5 Å². The summed E-state index contributed by atoms with van der Waals surface area (Å²) >= 11 is 0. The highest BCUT2D eigenvalue weighted by Gasteiger charge is 2.29. The van der Waals surface area contributed by atoms with Crippen molar-refractivity contribution in [1.82, 2.24) is 9.62 Å². The smallest absolute Gasteiger partial charge is 0.338 e. The van der Waals surface area contributed by atoms with E-state index >= 15 is 0 Å². The highest BCUT2D eigenvalue weighted by molar-refractivity contribution is 7.89. The minimum Gasteiger partial charge on any atom is -0.449 e. The molecule has 1 saturated carbocycles. The van der Waals surface area contributed by atoms with Crippen LogP contribution in [-0.4, -0.2) is 63.0 Å². The Kier molecular flexibility index (Phi) is 5.59. The van der Waals surface area contributed by atoms with Crippen molar-refractivity contribution in [3.8, 4) is 0 Å². The van der Waals surface area contributed by atoms with Crippen molar-refractivity contribution in [2.24, 2.45) is 0 Å². The zero-order chi connectivity index (χ0) is 18.7. The van der Waals surface area contributed by atoms with Gasteiger partial charge in [0.15, 0.2) is 6.10 Å². The fraction of sp³-hybridized carbons (Fsp3) is 0.529. The van der Waals surface area contributed by atoms with E-state index in [1.54, 1.807) is 0 Å². The number of esters is 1. The summed E-state index contributed by atoms with van der Waals surface area (Å²) in [4.78, 5) is 24.2. The van der Waals surface area contributed by atoms with Gasteiger partial charge in [0.1, 0.15) is 0 Å². The van der Waals surface area contributed by atoms with Crippen molar-refractivity contribution >= 4 is 21.9 Å². The molecular weight excluding hydrogens is 360 g/mol. The first kappa shape index (κ1) is 18.8. The molecule has 26 heavy (non-hydrogen) atoms. The van der Waals surface area contributed by atoms with Crippen LogP contribution in [0.1, 0.15) is 30.1 Å². The molecule has 0 unspecified atom stereocenters. The van der Waals surface area contributed by atoms with Crippen molar-refractivity contribution in [2.75, 3.05) is 26.3 Å². The lowest BCUT2D eigenvalue weighted by molar-refractivity contribution is -0.129. The van der Waals surface area contributed by atoms with E-state index in [0.717, 1.165) is 12.8 Å². The number of rotatable bonds is 6. The summed E-state index contributed by atoms with van der Waals surface area (Å²) in [5.41, 5.74) is 0.0883. The van der Waals surface area contributed by atoms with Crippen LogP contribution in [0.25, 0.3) is 0 Å². The topological polar surface area (TPSA) is 102 Å². The first-order valence-electron chi connectivity index (χ1n) is 8.57. The highest BCUT2D eigenvalue weighted by Crippen LogP contribution is 2.20. The number of sulfonamides is 1. The van der Waals surface area contributed by atoms with Crippen LogP contribution >= 0.6 is 0 Å². The van der Waals surface area contributed by atoms with Gasteiger partial charge in [0, 0.05) is 19.1 Å². The molecular formula is C17H22N2O6S. The molecule has 1 amide bonds. The Morgan fingerprint density at radius 1 is 1.27 bits per heavy atom. The Morgan fingerprint density at radius 2 is 1.96 bits per heavy atom. The van der Waals surface area contributed by atoms with E-state index in [2.05, 4.69) is 5.32 Å². The van der Waals surface area contributed by atoms with Crippen molar-refractivity contribution in [1.29, 1.82) is 0 Å². The fourth-order valence-electron chi connectivity index (χ4n) is 2.55. The molecule has 1 aromatic carbocycles. The molecule has 0 radical (unpaired) electrons. The monoisotopic (exact) mass is 382 g/mol. The van der Waals surface area contributed by atoms with Crippen LogP contribution in [0.3, 0.4) is 0 Å². The molecule has 0 spiro atoms. The van der Waals surface area contributed by atoms with Gasteiger partial charge in [0.25, 0.3) is 5.91 Å². The lowest BCUT2D eigenvalue weighted by Crippen LogP contribution is -2.40. The van der Waals surface area contributed by atoms with Crippen LogP contribution in [0.2, 0.25) is 0 Å². The van der Waals surface area contributed by atoms with Gasteiger partial charge in [-0.2, -0.15) is 4.31 Å². The van der Waals surface area contributed by atoms with E-state index in [-0.39, 0.29) is 35.5 Å². The molecule has 1 saturated heterocycles. The molecule has 1 aliphatic carbocycles. The minimum atomic E-state index is -3.70. The summed E-state index contributed by atoms with van der Waals surface area (Å²) in [7, 11) is -3.70. The number of nitrogens with zero attached hydrogens (tertiary/aromatic N) is 1. The lowest BCUT2D eigenvalue weighted by Gasteiger charge is -2.26. The molecule has 1 aliphatic heterocycles. The molecule has 1 N–H and O–H groups in total. The maximum absolute atomic E-state index is 12.7. The van der Waals surface area contributed by atoms with Crippen LogP contribution in [0.5, 0.6) is 0 Å². The van der Waals surface area contributed by atoms with Crippen LogP contribution < -0.4 is 5.32 Å². The Hall–Kier alpha value is -1.97. The molecule has 0 aromatic heterocycles. The molecule has 8 nitrogen and oxygen atoms in total. The number of morpholine rings is 1. The molecule has 142 valence electrons. The van der Waals surface area contributed by atoms with Crippen LogP contribution in [0, 0.1) is 0 Å². The quantitative estimate of drug-likeness (QED) is 0.720. The number of carbonyl (C=O) groups excluding carboxylic acids is 2. The summed E-state index contributed by atoms with van der Waals surface area (Å²) in [6.07, 6.45) is 0.935. The third kappa shape index (κ3) is 4.40. The van der Waals surface area contributed by atoms with Gasteiger partial charge in [-0.3, -0.25) is 4.79 Å². The zero-order valence-corrected chi connectivity index (χ0v) is 15.3. The third-order valence-electron chi connectivity index (χ3n) is 4.25. The minimum absolute atomic E-state index is 0.0175. The average Bonchev–Trinajstić information content (AvgIpc) is 3.46. The second kappa shape index (κ2) is 7.73. The molecule has 1 aromatic rings. The molecule has 3 rings (SSSR count). The number of amides is 1. The van der Waals surface area contributed by atoms with Crippen LogP contribution in [0.4, 0.5) is 0 Å². The Balaban J connectivity index is 1.69. The van der Waals surface area contributed by atoms with Crippen LogP contribution in [0.15, 0.2) is 29.2 Å². The maximum atomic E-state index is 12.7. The van der Waals surface area contributed by atoms with Gasteiger partial charge in [-0.05, 0) is 38.0 Å². The predicted molar refractivity (Wildman–Crippen MR) is 92.1 cm³/mol. The fourth-order valence-corrected chi connectivity index (χ4v) is 4.00. The van der Waals surface area contributed by atoms with Gasteiger partial charge < -0.3 is 14.8 Å². The summed E-state index contributed by atoms with van der Waals surface area (Å²) in [6.45, 7) is 2.72. The first-order valence-corrected chi connectivity index (χ1v) is 10.0.